The van der Waals surface area contributed by atoms with Gasteiger partial charge in [-0.15, -0.1) is 0 Å². The van der Waals surface area contributed by atoms with E-state index in [9.17, 15) is 25.3 Å². The Hall–Kier alpha value is -2.33. The minimum Gasteiger partial charge on any atom is -0.412 e. The van der Waals surface area contributed by atoms with Gasteiger partial charge >= 0.3 is 0 Å². The normalized spacial score (nSPS) is 9.45. The fraction of sp³-hybridized carbons (Fsp3) is 0.143. The molecular weight excluding hydrogens is 644 g/mol. The van der Waals surface area contributed by atoms with Gasteiger partial charge in [-0.05, 0) is 57.2 Å². The van der Waals surface area contributed by atoms with Crippen molar-refractivity contribution in [3.63, 3.8) is 0 Å². The summed E-state index contributed by atoms with van der Waals surface area (Å²) in [6, 6.07) is 18.0. The first-order valence-electron chi connectivity index (χ1n) is 9.12. The third kappa shape index (κ3) is 20.6. The molecule has 40 heavy (non-hydrogen) atoms. The Morgan fingerprint density at radius 2 is 0.500 bits per heavy atom. The molecule has 0 aliphatic carbocycles. The zero-order valence-corrected chi connectivity index (χ0v) is 24.9. The van der Waals surface area contributed by atoms with E-state index in [0.717, 1.165) is 16.7 Å². The quantitative estimate of drug-likeness (QED) is 0.220. The van der Waals surface area contributed by atoms with Crippen molar-refractivity contribution < 1.29 is 88.8 Å². The number of rotatable bonds is 3. The molecule has 0 aliphatic rings. The minimum atomic E-state index is -4.02. The standard InChI is InChI=1S/3C7H8O3S.Fe.6H2O/c3*1-6-2-4-7(5-3-6)11(8,9)10;;;;;;;/h3*2-5H,1H3,(H,8,9,10);;6*1H2. The number of benzene rings is 3. The van der Waals surface area contributed by atoms with E-state index in [4.69, 9.17) is 13.7 Å². The Balaban J connectivity index is -0.0000000751. The summed E-state index contributed by atoms with van der Waals surface area (Å²) in [4.78, 5) is -0.200. The van der Waals surface area contributed by atoms with Crippen molar-refractivity contribution >= 4 is 30.4 Å². The zero-order valence-electron chi connectivity index (χ0n) is 21.3. The molecule has 0 heterocycles. The number of hydrogen-bond acceptors (Lipinski definition) is 6. The predicted molar refractivity (Wildman–Crippen MR) is 145 cm³/mol. The minimum absolute atomic E-state index is 0. The van der Waals surface area contributed by atoms with Crippen LogP contribution in [0, 0.1) is 20.8 Å². The summed E-state index contributed by atoms with van der Waals surface area (Å²) in [5.41, 5.74) is 2.87. The predicted octanol–water partition coefficient (Wildman–Crippen LogP) is -1.23. The second-order valence-electron chi connectivity index (χ2n) is 6.86. The van der Waals surface area contributed by atoms with Gasteiger partial charge in [0.05, 0.1) is 14.7 Å². The fourth-order valence-corrected chi connectivity index (χ4v) is 3.57. The van der Waals surface area contributed by atoms with E-state index in [0.29, 0.717) is 0 Å². The van der Waals surface area contributed by atoms with Crippen molar-refractivity contribution in [1.82, 2.24) is 0 Å². The molecule has 0 spiro atoms. The van der Waals surface area contributed by atoms with Crippen LogP contribution >= 0.6 is 0 Å². The van der Waals surface area contributed by atoms with Gasteiger partial charge in [0.2, 0.25) is 0 Å². The molecular formula is C21H36FeO15S3. The first-order valence-corrected chi connectivity index (χ1v) is 13.4. The van der Waals surface area contributed by atoms with Crippen LogP contribution in [0.15, 0.2) is 87.5 Å². The van der Waals surface area contributed by atoms with Gasteiger partial charge < -0.3 is 32.9 Å². The van der Waals surface area contributed by atoms with E-state index < -0.39 is 30.4 Å². The molecule has 0 saturated carbocycles. The molecule has 236 valence electrons. The molecule has 0 fully saturated rings. The summed E-state index contributed by atoms with van der Waals surface area (Å²) in [5, 5.41) is 0. The maximum atomic E-state index is 10.5. The second-order valence-corrected chi connectivity index (χ2v) is 11.1. The molecule has 19 heteroatoms. The van der Waals surface area contributed by atoms with E-state index in [-0.39, 0.29) is 64.6 Å². The second kappa shape index (κ2) is 22.4. The number of hydrogen-bond donors (Lipinski definition) is 3. The van der Waals surface area contributed by atoms with Gasteiger partial charge in [-0.1, -0.05) is 53.1 Å². The van der Waals surface area contributed by atoms with Gasteiger partial charge in [0.25, 0.3) is 30.4 Å². The SMILES string of the molecule is Cc1ccc(S(=O)(=O)O)cc1.Cc1ccc(S(=O)(=O)O)cc1.Cc1ccc(S(=O)(=O)O)cc1.O.O.O.O.O.O.[Fe]. The van der Waals surface area contributed by atoms with Crippen LogP contribution in [0.25, 0.3) is 0 Å². The van der Waals surface area contributed by atoms with Crippen LogP contribution in [0.3, 0.4) is 0 Å². The zero-order chi connectivity index (χ0) is 25.4. The molecule has 15 nitrogen and oxygen atoms in total. The van der Waals surface area contributed by atoms with Crippen LogP contribution in [0.5, 0.6) is 0 Å². The maximum Gasteiger partial charge on any atom is 0.294 e. The average molecular weight is 681 g/mol. The molecule has 0 unspecified atom stereocenters. The van der Waals surface area contributed by atoms with E-state index >= 15 is 0 Å². The van der Waals surface area contributed by atoms with E-state index in [2.05, 4.69) is 0 Å². The van der Waals surface area contributed by atoms with Crippen LogP contribution < -0.4 is 0 Å². The van der Waals surface area contributed by atoms with Crippen LogP contribution in [0.2, 0.25) is 0 Å². The monoisotopic (exact) mass is 680 g/mol. The Kier molecular flexibility index (Phi) is 30.1. The summed E-state index contributed by atoms with van der Waals surface area (Å²) in [6.45, 7) is 5.52. The topological polar surface area (TPSA) is 352 Å². The molecule has 0 radical (unpaired) electrons. The average Bonchev–Trinajstić information content (AvgIpc) is 2.68. The summed E-state index contributed by atoms with van der Waals surface area (Å²) in [5.74, 6) is 0. The molecule has 0 amide bonds. The van der Waals surface area contributed by atoms with Crippen molar-refractivity contribution in [3.05, 3.63) is 89.5 Å². The van der Waals surface area contributed by atoms with Crippen molar-refractivity contribution in [2.45, 2.75) is 35.5 Å². The molecule has 3 rings (SSSR count). The first-order chi connectivity index (χ1) is 15.0. The molecule has 0 bridgehead atoms. The van der Waals surface area contributed by atoms with E-state index in [1.165, 1.54) is 36.4 Å². The first kappa shape index (κ1) is 53.9. The van der Waals surface area contributed by atoms with Crippen molar-refractivity contribution in [2.24, 2.45) is 0 Å². The van der Waals surface area contributed by atoms with Gasteiger partial charge in [-0.2, -0.15) is 25.3 Å². The van der Waals surface area contributed by atoms with Crippen LogP contribution in [0.4, 0.5) is 0 Å². The molecule has 3 aromatic rings. The fourth-order valence-electron chi connectivity index (χ4n) is 2.13. The Morgan fingerprint density at radius 1 is 0.375 bits per heavy atom. The Morgan fingerprint density at radius 3 is 0.600 bits per heavy atom. The smallest absolute Gasteiger partial charge is 0.294 e. The molecule has 0 saturated heterocycles. The third-order valence-electron chi connectivity index (χ3n) is 3.96. The van der Waals surface area contributed by atoms with Gasteiger partial charge in [-0.25, -0.2) is 0 Å². The number of aryl methyl sites for hydroxylation is 3. The van der Waals surface area contributed by atoms with Gasteiger partial charge in [0.15, 0.2) is 0 Å². The Bertz CT molecular complexity index is 1200. The van der Waals surface area contributed by atoms with Crippen LogP contribution in [-0.4, -0.2) is 71.8 Å². The summed E-state index contributed by atoms with van der Waals surface area (Å²) < 4.78 is 88.7. The summed E-state index contributed by atoms with van der Waals surface area (Å²) in [7, 11) is -12.1. The molecule has 3 aromatic carbocycles. The van der Waals surface area contributed by atoms with Gasteiger partial charge in [-0.3, -0.25) is 13.7 Å². The summed E-state index contributed by atoms with van der Waals surface area (Å²) >= 11 is 0. The third-order valence-corrected chi connectivity index (χ3v) is 6.56. The van der Waals surface area contributed by atoms with E-state index in [1.54, 1.807) is 36.4 Å². The van der Waals surface area contributed by atoms with Crippen LogP contribution in [0.1, 0.15) is 16.7 Å². The van der Waals surface area contributed by atoms with Crippen molar-refractivity contribution in [3.8, 4) is 0 Å². The molecule has 0 aromatic heterocycles. The van der Waals surface area contributed by atoms with E-state index in [1.807, 2.05) is 20.8 Å². The summed E-state index contributed by atoms with van der Waals surface area (Å²) in [6.07, 6.45) is 0. The molecule has 0 aliphatic heterocycles. The van der Waals surface area contributed by atoms with Gasteiger partial charge in [0, 0.05) is 17.1 Å². The van der Waals surface area contributed by atoms with Crippen LogP contribution in [-0.2, 0) is 47.4 Å². The Labute approximate surface area is 243 Å². The maximum absolute atomic E-state index is 10.5. The van der Waals surface area contributed by atoms with Crippen molar-refractivity contribution in [1.29, 1.82) is 0 Å². The molecule has 15 N–H and O–H groups in total. The van der Waals surface area contributed by atoms with Crippen molar-refractivity contribution in [2.75, 3.05) is 0 Å². The molecule has 0 atom stereocenters. The largest absolute Gasteiger partial charge is 0.412 e. The van der Waals surface area contributed by atoms with Gasteiger partial charge in [0.1, 0.15) is 0 Å².